The molecule has 1 fully saturated rings. The lowest BCUT2D eigenvalue weighted by molar-refractivity contribution is -0.116. The van der Waals surface area contributed by atoms with Gasteiger partial charge in [-0.25, -0.2) is 4.98 Å². The SMILES string of the molecule is O=C(CC(NC(=O)c1ccccc1Cl)c1ccccc1)Nc1ccc(N2CCOCC2)nc1. The third-order valence-corrected chi connectivity index (χ3v) is 5.71. The molecule has 33 heavy (non-hydrogen) atoms. The van der Waals surface area contributed by atoms with Crippen molar-refractivity contribution in [2.45, 2.75) is 12.5 Å². The number of morpholine rings is 1. The van der Waals surface area contributed by atoms with Gasteiger partial charge in [0.05, 0.1) is 48.1 Å². The first-order valence-electron chi connectivity index (χ1n) is 10.8. The number of rotatable bonds is 7. The molecular formula is C25H25ClN4O3. The van der Waals surface area contributed by atoms with E-state index in [1.165, 1.54) is 0 Å². The molecule has 1 unspecified atom stereocenters. The largest absolute Gasteiger partial charge is 0.378 e. The number of hydrogen-bond acceptors (Lipinski definition) is 5. The molecule has 0 radical (unpaired) electrons. The fraction of sp³-hybridized carbons (Fsp3) is 0.240. The molecule has 1 aromatic heterocycles. The van der Waals surface area contributed by atoms with Crippen molar-refractivity contribution >= 4 is 34.9 Å². The van der Waals surface area contributed by atoms with E-state index in [9.17, 15) is 9.59 Å². The summed E-state index contributed by atoms with van der Waals surface area (Å²) in [6, 6.07) is 19.4. The topological polar surface area (TPSA) is 83.6 Å². The van der Waals surface area contributed by atoms with Crippen molar-refractivity contribution in [2.75, 3.05) is 36.5 Å². The fourth-order valence-corrected chi connectivity index (χ4v) is 3.88. The molecule has 7 nitrogen and oxygen atoms in total. The molecule has 3 aromatic rings. The molecular weight excluding hydrogens is 440 g/mol. The number of nitrogens with zero attached hydrogens (tertiary/aromatic N) is 2. The van der Waals surface area contributed by atoms with Crippen LogP contribution in [0.25, 0.3) is 0 Å². The van der Waals surface area contributed by atoms with Gasteiger partial charge in [0.2, 0.25) is 5.91 Å². The lowest BCUT2D eigenvalue weighted by Gasteiger charge is -2.27. The molecule has 1 aliphatic rings. The highest BCUT2D eigenvalue weighted by Gasteiger charge is 2.21. The quantitative estimate of drug-likeness (QED) is 0.550. The Labute approximate surface area is 197 Å². The van der Waals surface area contributed by atoms with E-state index < -0.39 is 6.04 Å². The second-order valence-electron chi connectivity index (χ2n) is 7.67. The molecule has 0 saturated carbocycles. The Balaban J connectivity index is 1.43. The average Bonchev–Trinajstić information content (AvgIpc) is 2.85. The lowest BCUT2D eigenvalue weighted by Crippen LogP contribution is -2.36. The number of hydrogen-bond donors (Lipinski definition) is 2. The van der Waals surface area contributed by atoms with Crippen LogP contribution in [0.5, 0.6) is 0 Å². The highest BCUT2D eigenvalue weighted by molar-refractivity contribution is 6.33. The fourth-order valence-electron chi connectivity index (χ4n) is 3.66. The van der Waals surface area contributed by atoms with E-state index >= 15 is 0 Å². The predicted octanol–water partition coefficient (Wildman–Crippen LogP) is 4.07. The first kappa shape index (κ1) is 22.8. The van der Waals surface area contributed by atoms with E-state index in [0.29, 0.717) is 29.5 Å². The number of ether oxygens (including phenoxy) is 1. The maximum absolute atomic E-state index is 12.8. The molecule has 1 saturated heterocycles. The Kier molecular flexibility index (Phi) is 7.55. The smallest absolute Gasteiger partial charge is 0.253 e. The first-order chi connectivity index (χ1) is 16.1. The molecule has 1 atom stereocenters. The molecule has 2 N–H and O–H groups in total. The van der Waals surface area contributed by atoms with Crippen LogP contribution in [0.1, 0.15) is 28.4 Å². The van der Waals surface area contributed by atoms with Crippen LogP contribution in [-0.2, 0) is 9.53 Å². The number of carbonyl (C=O) groups excluding carboxylic acids is 2. The summed E-state index contributed by atoms with van der Waals surface area (Å²) in [5.74, 6) is 0.286. The maximum atomic E-state index is 12.8. The van der Waals surface area contributed by atoms with Crippen LogP contribution in [0.15, 0.2) is 72.9 Å². The predicted molar refractivity (Wildman–Crippen MR) is 129 cm³/mol. The van der Waals surface area contributed by atoms with E-state index in [4.69, 9.17) is 16.3 Å². The summed E-state index contributed by atoms with van der Waals surface area (Å²) in [4.78, 5) is 32.3. The van der Waals surface area contributed by atoms with E-state index in [1.807, 2.05) is 42.5 Å². The van der Waals surface area contributed by atoms with Gasteiger partial charge in [0, 0.05) is 13.1 Å². The first-order valence-corrected chi connectivity index (χ1v) is 11.2. The number of halogens is 1. The van der Waals surface area contributed by atoms with Gasteiger partial charge in [-0.3, -0.25) is 9.59 Å². The summed E-state index contributed by atoms with van der Waals surface area (Å²) in [7, 11) is 0. The van der Waals surface area contributed by atoms with Gasteiger partial charge in [-0.1, -0.05) is 54.1 Å². The highest BCUT2D eigenvalue weighted by atomic mass is 35.5. The van der Waals surface area contributed by atoms with Crippen molar-refractivity contribution in [2.24, 2.45) is 0 Å². The normalized spacial score (nSPS) is 14.4. The van der Waals surface area contributed by atoms with Gasteiger partial charge in [-0.05, 0) is 29.8 Å². The van der Waals surface area contributed by atoms with E-state index in [0.717, 1.165) is 24.5 Å². The number of pyridine rings is 1. The van der Waals surface area contributed by atoms with Crippen molar-refractivity contribution in [3.63, 3.8) is 0 Å². The van der Waals surface area contributed by atoms with Crippen LogP contribution in [0, 0.1) is 0 Å². The molecule has 8 heteroatoms. The van der Waals surface area contributed by atoms with Crippen molar-refractivity contribution in [3.05, 3.63) is 89.1 Å². The van der Waals surface area contributed by atoms with E-state index in [-0.39, 0.29) is 18.2 Å². The van der Waals surface area contributed by atoms with Crippen LogP contribution >= 0.6 is 11.6 Å². The van der Waals surface area contributed by atoms with E-state index in [1.54, 1.807) is 30.5 Å². The molecule has 0 bridgehead atoms. The second kappa shape index (κ2) is 10.9. The Bertz CT molecular complexity index is 1090. The standard InChI is InChI=1S/C25H25ClN4O3/c26-21-9-5-4-8-20(21)25(32)29-22(18-6-2-1-3-7-18)16-24(31)28-19-10-11-23(27-17-19)30-12-14-33-15-13-30/h1-11,17,22H,12-16H2,(H,28,31)(H,29,32). The van der Waals surface area contributed by atoms with E-state index in [2.05, 4.69) is 20.5 Å². The number of anilines is 2. The lowest BCUT2D eigenvalue weighted by atomic mass is 10.0. The van der Waals surface area contributed by atoms with Gasteiger partial charge in [0.25, 0.3) is 5.91 Å². The van der Waals surface area contributed by atoms with Crippen LogP contribution in [0.4, 0.5) is 11.5 Å². The maximum Gasteiger partial charge on any atom is 0.253 e. The Hall–Kier alpha value is -3.42. The number of nitrogens with one attached hydrogen (secondary N) is 2. The minimum atomic E-state index is -0.518. The Morgan fingerprint density at radius 1 is 1.00 bits per heavy atom. The van der Waals surface area contributed by atoms with Crippen molar-refractivity contribution < 1.29 is 14.3 Å². The van der Waals surface area contributed by atoms with Crippen molar-refractivity contribution in [3.8, 4) is 0 Å². The zero-order valence-electron chi connectivity index (χ0n) is 18.0. The van der Waals surface area contributed by atoms with Gasteiger partial charge in [-0.15, -0.1) is 0 Å². The van der Waals surface area contributed by atoms with Crippen LogP contribution in [0.3, 0.4) is 0 Å². The summed E-state index contributed by atoms with van der Waals surface area (Å²) in [6.45, 7) is 2.95. The summed E-state index contributed by atoms with van der Waals surface area (Å²) >= 11 is 6.17. The third kappa shape index (κ3) is 6.09. The van der Waals surface area contributed by atoms with Gasteiger partial charge in [0.15, 0.2) is 0 Å². The van der Waals surface area contributed by atoms with Crippen LogP contribution in [0.2, 0.25) is 5.02 Å². The summed E-state index contributed by atoms with van der Waals surface area (Å²) < 4.78 is 5.37. The Morgan fingerprint density at radius 3 is 2.42 bits per heavy atom. The number of amides is 2. The number of aromatic nitrogens is 1. The summed E-state index contributed by atoms with van der Waals surface area (Å²) in [5, 5.41) is 6.17. The van der Waals surface area contributed by atoms with Gasteiger partial charge in [-0.2, -0.15) is 0 Å². The minimum absolute atomic E-state index is 0.0609. The molecule has 4 rings (SSSR count). The number of benzene rings is 2. The third-order valence-electron chi connectivity index (χ3n) is 5.38. The minimum Gasteiger partial charge on any atom is -0.378 e. The van der Waals surface area contributed by atoms with Crippen LogP contribution in [-0.4, -0.2) is 43.1 Å². The van der Waals surface area contributed by atoms with Crippen molar-refractivity contribution in [1.82, 2.24) is 10.3 Å². The van der Waals surface area contributed by atoms with Crippen LogP contribution < -0.4 is 15.5 Å². The zero-order chi connectivity index (χ0) is 23.0. The highest BCUT2D eigenvalue weighted by Crippen LogP contribution is 2.22. The van der Waals surface area contributed by atoms with Crippen molar-refractivity contribution in [1.29, 1.82) is 0 Å². The molecule has 170 valence electrons. The second-order valence-corrected chi connectivity index (χ2v) is 8.08. The molecule has 2 aromatic carbocycles. The molecule has 1 aliphatic heterocycles. The zero-order valence-corrected chi connectivity index (χ0v) is 18.8. The molecule has 0 spiro atoms. The summed E-state index contributed by atoms with van der Waals surface area (Å²) in [5.41, 5.74) is 1.79. The van der Waals surface area contributed by atoms with Gasteiger partial charge in [0.1, 0.15) is 5.82 Å². The Morgan fingerprint density at radius 2 is 1.73 bits per heavy atom. The van der Waals surface area contributed by atoms with Gasteiger partial charge >= 0.3 is 0 Å². The van der Waals surface area contributed by atoms with Gasteiger partial charge < -0.3 is 20.3 Å². The molecule has 2 amide bonds. The molecule has 0 aliphatic carbocycles. The number of carbonyl (C=O) groups is 2. The molecule has 2 heterocycles. The average molecular weight is 465 g/mol. The summed E-state index contributed by atoms with van der Waals surface area (Å²) in [6.07, 6.45) is 1.70. The monoisotopic (exact) mass is 464 g/mol.